The molecule has 0 unspecified atom stereocenters. The molecular weight excluding hydrogens is 258 g/mol. The fraction of sp³-hybridized carbons (Fsp3) is 0.231. The highest BCUT2D eigenvalue weighted by atomic mass is 16.2. The minimum Gasteiger partial charge on any atom is -0.342 e. The van der Waals surface area contributed by atoms with Gasteiger partial charge in [0.05, 0.1) is 6.54 Å². The molecule has 2 amide bonds. The van der Waals surface area contributed by atoms with Gasteiger partial charge in [-0.05, 0) is 24.6 Å². The Morgan fingerprint density at radius 1 is 1.30 bits per heavy atom. The van der Waals surface area contributed by atoms with Crippen LogP contribution in [0.25, 0.3) is 0 Å². The van der Waals surface area contributed by atoms with E-state index < -0.39 is 0 Å². The second-order valence-corrected chi connectivity index (χ2v) is 4.29. The highest BCUT2D eigenvalue weighted by molar-refractivity contribution is 5.98. The van der Waals surface area contributed by atoms with E-state index in [9.17, 15) is 9.59 Å². The van der Waals surface area contributed by atoms with E-state index in [0.29, 0.717) is 11.5 Å². The summed E-state index contributed by atoms with van der Waals surface area (Å²) in [5, 5.41) is 9.00. The Morgan fingerprint density at radius 2 is 2.10 bits per heavy atom. The molecule has 2 aromatic heterocycles. The van der Waals surface area contributed by atoms with Crippen LogP contribution in [-0.2, 0) is 11.8 Å². The van der Waals surface area contributed by atoms with Gasteiger partial charge in [0.15, 0.2) is 0 Å². The molecule has 0 aromatic carbocycles. The number of aromatic nitrogens is 3. The van der Waals surface area contributed by atoms with Gasteiger partial charge in [-0.1, -0.05) is 6.07 Å². The first-order valence-electron chi connectivity index (χ1n) is 6.05. The lowest BCUT2D eigenvalue weighted by Gasteiger charge is -2.06. The van der Waals surface area contributed by atoms with E-state index in [4.69, 9.17) is 0 Å². The molecule has 2 rings (SSSR count). The van der Waals surface area contributed by atoms with E-state index in [-0.39, 0.29) is 18.4 Å². The number of aryl methyl sites for hydroxylation is 2. The van der Waals surface area contributed by atoms with Crippen LogP contribution in [0.3, 0.4) is 0 Å². The summed E-state index contributed by atoms with van der Waals surface area (Å²) in [6.07, 6.45) is 3.18. The van der Waals surface area contributed by atoms with Crippen LogP contribution in [0.4, 0.5) is 5.82 Å². The first-order valence-corrected chi connectivity index (χ1v) is 6.05. The molecule has 0 aliphatic heterocycles. The standard InChI is InChI=1S/C13H15N5O2/c1-9-3-4-11(14-7-9)17-12(19)8-15-13(20)10-5-6-16-18(10)2/h3-7H,8H2,1-2H3,(H,15,20)(H,14,17,19). The summed E-state index contributed by atoms with van der Waals surface area (Å²) in [4.78, 5) is 27.5. The van der Waals surface area contributed by atoms with Crippen molar-refractivity contribution < 1.29 is 9.59 Å². The Bertz CT molecular complexity index is 618. The minimum atomic E-state index is -0.350. The molecule has 104 valence electrons. The summed E-state index contributed by atoms with van der Waals surface area (Å²) in [6.45, 7) is 1.78. The van der Waals surface area contributed by atoms with Crippen molar-refractivity contribution in [2.75, 3.05) is 11.9 Å². The van der Waals surface area contributed by atoms with Gasteiger partial charge in [0.1, 0.15) is 11.5 Å². The quantitative estimate of drug-likeness (QED) is 0.848. The van der Waals surface area contributed by atoms with Crippen molar-refractivity contribution in [1.29, 1.82) is 0 Å². The summed E-state index contributed by atoms with van der Waals surface area (Å²) < 4.78 is 1.44. The lowest BCUT2D eigenvalue weighted by molar-refractivity contribution is -0.115. The topological polar surface area (TPSA) is 88.9 Å². The van der Waals surface area contributed by atoms with Crippen molar-refractivity contribution >= 4 is 17.6 Å². The molecule has 2 aromatic rings. The molecule has 7 heteroatoms. The Balaban J connectivity index is 1.85. The molecule has 0 radical (unpaired) electrons. The van der Waals surface area contributed by atoms with Crippen LogP contribution < -0.4 is 10.6 Å². The number of carbonyl (C=O) groups excluding carboxylic acids is 2. The lowest BCUT2D eigenvalue weighted by Crippen LogP contribution is -2.34. The van der Waals surface area contributed by atoms with Crippen molar-refractivity contribution in [2.24, 2.45) is 7.05 Å². The predicted molar refractivity (Wildman–Crippen MR) is 73.1 cm³/mol. The van der Waals surface area contributed by atoms with Crippen LogP contribution in [0, 0.1) is 6.92 Å². The first-order chi connectivity index (χ1) is 9.56. The third-order valence-corrected chi connectivity index (χ3v) is 2.64. The Kier molecular flexibility index (Phi) is 4.09. The Morgan fingerprint density at radius 3 is 2.70 bits per heavy atom. The summed E-state index contributed by atoms with van der Waals surface area (Å²) in [5.74, 6) is -0.232. The molecular formula is C13H15N5O2. The molecule has 0 atom stereocenters. The molecule has 2 N–H and O–H groups in total. The first kappa shape index (κ1) is 13.7. The minimum absolute atomic E-state index is 0.125. The average molecular weight is 273 g/mol. The van der Waals surface area contributed by atoms with Crippen LogP contribution in [0.1, 0.15) is 16.1 Å². The molecule has 0 saturated heterocycles. The maximum Gasteiger partial charge on any atom is 0.269 e. The second kappa shape index (κ2) is 5.96. The van der Waals surface area contributed by atoms with E-state index in [1.165, 1.54) is 10.9 Å². The number of hydrogen-bond acceptors (Lipinski definition) is 4. The van der Waals surface area contributed by atoms with Crippen LogP contribution >= 0.6 is 0 Å². The normalized spacial score (nSPS) is 10.1. The highest BCUT2D eigenvalue weighted by Gasteiger charge is 2.11. The van der Waals surface area contributed by atoms with Crippen LogP contribution in [0.2, 0.25) is 0 Å². The fourth-order valence-electron chi connectivity index (χ4n) is 1.58. The van der Waals surface area contributed by atoms with Gasteiger partial charge >= 0.3 is 0 Å². The van der Waals surface area contributed by atoms with Crippen molar-refractivity contribution in [3.8, 4) is 0 Å². The molecule has 0 fully saturated rings. The van der Waals surface area contributed by atoms with Gasteiger partial charge in [0.2, 0.25) is 5.91 Å². The maximum absolute atomic E-state index is 11.8. The summed E-state index contributed by atoms with van der Waals surface area (Å²) in [5.41, 5.74) is 1.40. The number of amides is 2. The van der Waals surface area contributed by atoms with E-state index >= 15 is 0 Å². The molecule has 0 saturated carbocycles. The van der Waals surface area contributed by atoms with Crippen LogP contribution in [0.5, 0.6) is 0 Å². The van der Waals surface area contributed by atoms with Gasteiger partial charge in [0.25, 0.3) is 5.91 Å². The van der Waals surface area contributed by atoms with Gasteiger partial charge in [-0.2, -0.15) is 5.10 Å². The van der Waals surface area contributed by atoms with Gasteiger partial charge < -0.3 is 10.6 Å². The summed E-state index contributed by atoms with van der Waals surface area (Å²) in [7, 11) is 1.66. The lowest BCUT2D eigenvalue weighted by atomic mass is 10.3. The van der Waals surface area contributed by atoms with E-state index in [1.807, 2.05) is 13.0 Å². The van der Waals surface area contributed by atoms with E-state index in [1.54, 1.807) is 25.4 Å². The number of nitrogens with one attached hydrogen (secondary N) is 2. The van der Waals surface area contributed by atoms with Crippen LogP contribution in [-0.4, -0.2) is 33.1 Å². The number of anilines is 1. The highest BCUT2D eigenvalue weighted by Crippen LogP contribution is 2.03. The maximum atomic E-state index is 11.8. The number of carbonyl (C=O) groups is 2. The van der Waals surface area contributed by atoms with Gasteiger partial charge in [-0.15, -0.1) is 0 Å². The second-order valence-electron chi connectivity index (χ2n) is 4.29. The molecule has 0 aliphatic rings. The predicted octanol–water partition coefficient (Wildman–Crippen LogP) is 0.492. The van der Waals surface area contributed by atoms with E-state index in [0.717, 1.165) is 5.56 Å². The average Bonchev–Trinajstić information content (AvgIpc) is 2.85. The fourth-order valence-corrected chi connectivity index (χ4v) is 1.58. The third-order valence-electron chi connectivity index (χ3n) is 2.64. The number of nitrogens with zero attached hydrogens (tertiary/aromatic N) is 3. The number of hydrogen-bond donors (Lipinski definition) is 2. The largest absolute Gasteiger partial charge is 0.342 e. The smallest absolute Gasteiger partial charge is 0.269 e. The van der Waals surface area contributed by atoms with E-state index in [2.05, 4.69) is 20.7 Å². The van der Waals surface area contributed by atoms with Gasteiger partial charge in [-0.25, -0.2) is 4.98 Å². The zero-order valence-corrected chi connectivity index (χ0v) is 11.3. The Hall–Kier alpha value is -2.70. The monoisotopic (exact) mass is 273 g/mol. The third kappa shape index (κ3) is 3.41. The zero-order valence-electron chi connectivity index (χ0n) is 11.3. The van der Waals surface area contributed by atoms with Crippen molar-refractivity contribution in [2.45, 2.75) is 6.92 Å². The molecule has 7 nitrogen and oxygen atoms in total. The van der Waals surface area contributed by atoms with Crippen molar-refractivity contribution in [3.05, 3.63) is 41.9 Å². The van der Waals surface area contributed by atoms with Crippen molar-refractivity contribution in [1.82, 2.24) is 20.1 Å². The molecule has 0 bridgehead atoms. The molecule has 0 spiro atoms. The molecule has 2 heterocycles. The molecule has 20 heavy (non-hydrogen) atoms. The summed E-state index contributed by atoms with van der Waals surface area (Å²) in [6, 6.07) is 5.13. The van der Waals surface area contributed by atoms with Crippen LogP contribution in [0.15, 0.2) is 30.6 Å². The van der Waals surface area contributed by atoms with Gasteiger partial charge in [0, 0.05) is 19.4 Å². The van der Waals surface area contributed by atoms with Gasteiger partial charge in [-0.3, -0.25) is 14.3 Å². The number of pyridine rings is 1. The Labute approximate surface area is 116 Å². The SMILES string of the molecule is Cc1ccc(NC(=O)CNC(=O)c2ccnn2C)nc1. The van der Waals surface area contributed by atoms with Crippen molar-refractivity contribution in [3.63, 3.8) is 0 Å². The zero-order chi connectivity index (χ0) is 14.5. The number of rotatable bonds is 4. The molecule has 0 aliphatic carbocycles. The summed E-state index contributed by atoms with van der Waals surface area (Å²) >= 11 is 0.